The van der Waals surface area contributed by atoms with E-state index in [-0.39, 0.29) is 4.84 Å². The Bertz CT molecular complexity index is 153. The van der Waals surface area contributed by atoms with Crippen LogP contribution in [0.15, 0.2) is 0 Å². The van der Waals surface area contributed by atoms with Gasteiger partial charge >= 0.3 is 8.80 Å². The minimum atomic E-state index is -2.48. The summed E-state index contributed by atoms with van der Waals surface area (Å²) >= 11 is 11.4. The molecule has 0 saturated heterocycles. The molecule has 0 heterocycles. The molecule has 98 valence electrons. The average Bonchev–Trinajstić information content (AvgIpc) is 2.18. The van der Waals surface area contributed by atoms with Crippen molar-refractivity contribution in [2.75, 3.05) is 19.8 Å². The fourth-order valence-corrected chi connectivity index (χ4v) is 4.42. The van der Waals surface area contributed by atoms with E-state index in [1.165, 1.54) is 0 Å². The van der Waals surface area contributed by atoms with Gasteiger partial charge in [0.1, 0.15) is 4.84 Å². The van der Waals surface area contributed by atoms with Crippen molar-refractivity contribution in [1.82, 2.24) is 0 Å². The maximum absolute atomic E-state index is 5.70. The van der Waals surface area contributed by atoms with Crippen LogP contribution in [0.25, 0.3) is 0 Å². The van der Waals surface area contributed by atoms with E-state index in [4.69, 9.17) is 36.5 Å². The highest BCUT2D eigenvalue weighted by molar-refractivity contribution is 6.60. The Morgan fingerprint density at radius 1 is 0.938 bits per heavy atom. The van der Waals surface area contributed by atoms with Crippen molar-refractivity contribution in [1.29, 1.82) is 0 Å². The van der Waals surface area contributed by atoms with E-state index in [2.05, 4.69) is 0 Å². The first-order chi connectivity index (χ1) is 7.60. The number of hydrogen-bond donors (Lipinski definition) is 0. The predicted octanol–water partition coefficient (Wildman–Crippen LogP) is 3.62. The maximum Gasteiger partial charge on any atom is 0.500 e. The highest BCUT2D eigenvalue weighted by atomic mass is 35.5. The summed E-state index contributed by atoms with van der Waals surface area (Å²) in [5.74, 6) is 0. The van der Waals surface area contributed by atoms with Crippen LogP contribution in [0, 0.1) is 0 Å². The van der Waals surface area contributed by atoms with Crippen LogP contribution in [0.1, 0.15) is 33.6 Å². The standard InChI is InChI=1S/C10H22Cl2O3Si/c1-4-13-16(14-5-2,15-6-3)9-7-8-10(11)12/h10H,4-9H2,1-3H3. The van der Waals surface area contributed by atoms with E-state index >= 15 is 0 Å². The van der Waals surface area contributed by atoms with Crippen LogP contribution >= 0.6 is 23.2 Å². The molecular weight excluding hydrogens is 267 g/mol. The van der Waals surface area contributed by atoms with Crippen molar-refractivity contribution in [3.05, 3.63) is 0 Å². The minimum absolute atomic E-state index is 0.323. The molecule has 0 N–H and O–H groups in total. The molecule has 0 aromatic heterocycles. The summed E-state index contributed by atoms with van der Waals surface area (Å²) < 4.78 is 17.1. The van der Waals surface area contributed by atoms with Gasteiger partial charge in [0.25, 0.3) is 0 Å². The van der Waals surface area contributed by atoms with Gasteiger partial charge in [-0.15, -0.1) is 23.2 Å². The van der Waals surface area contributed by atoms with E-state index < -0.39 is 8.80 Å². The van der Waals surface area contributed by atoms with Gasteiger partial charge in [0.2, 0.25) is 0 Å². The second kappa shape index (κ2) is 9.68. The zero-order valence-electron chi connectivity index (χ0n) is 10.3. The van der Waals surface area contributed by atoms with Crippen molar-refractivity contribution >= 4 is 32.0 Å². The van der Waals surface area contributed by atoms with E-state index in [9.17, 15) is 0 Å². The van der Waals surface area contributed by atoms with Crippen LogP contribution in [0.2, 0.25) is 6.04 Å². The Labute approximate surface area is 110 Å². The molecule has 0 fully saturated rings. The molecule has 0 aliphatic heterocycles. The van der Waals surface area contributed by atoms with E-state index in [0.717, 1.165) is 18.9 Å². The van der Waals surface area contributed by atoms with E-state index in [1.807, 2.05) is 20.8 Å². The molecule has 3 nitrogen and oxygen atoms in total. The third-order valence-corrected chi connectivity index (χ3v) is 5.59. The lowest BCUT2D eigenvalue weighted by Gasteiger charge is -2.28. The lowest BCUT2D eigenvalue weighted by Crippen LogP contribution is -2.45. The second-order valence-electron chi connectivity index (χ2n) is 3.27. The molecule has 16 heavy (non-hydrogen) atoms. The molecule has 0 bridgehead atoms. The zero-order chi connectivity index (χ0) is 12.4. The molecule has 0 aliphatic rings. The second-order valence-corrected chi connectivity index (χ2v) is 7.27. The van der Waals surface area contributed by atoms with Crippen LogP contribution in [0.4, 0.5) is 0 Å². The maximum atomic E-state index is 5.70. The minimum Gasteiger partial charge on any atom is -0.374 e. The van der Waals surface area contributed by atoms with Gasteiger partial charge in [0.05, 0.1) is 0 Å². The summed E-state index contributed by atoms with van der Waals surface area (Å²) in [6.45, 7) is 7.68. The average molecular weight is 289 g/mol. The molecule has 0 aromatic carbocycles. The van der Waals surface area contributed by atoms with Gasteiger partial charge < -0.3 is 13.3 Å². The Kier molecular flexibility index (Phi) is 10.1. The molecule has 0 amide bonds. The first-order valence-corrected chi connectivity index (χ1v) is 8.60. The van der Waals surface area contributed by atoms with Gasteiger partial charge in [0, 0.05) is 25.9 Å². The van der Waals surface area contributed by atoms with Crippen LogP contribution in [-0.4, -0.2) is 33.5 Å². The molecule has 0 aliphatic carbocycles. The number of hydrogen-bond acceptors (Lipinski definition) is 3. The first-order valence-electron chi connectivity index (χ1n) is 5.80. The van der Waals surface area contributed by atoms with Crippen molar-refractivity contribution in [2.45, 2.75) is 44.5 Å². The Morgan fingerprint density at radius 2 is 1.38 bits per heavy atom. The smallest absolute Gasteiger partial charge is 0.374 e. The Balaban J connectivity index is 4.23. The number of rotatable bonds is 10. The molecule has 0 spiro atoms. The van der Waals surface area contributed by atoms with Gasteiger partial charge in [0.15, 0.2) is 0 Å². The monoisotopic (exact) mass is 288 g/mol. The normalized spacial score (nSPS) is 12.4. The largest absolute Gasteiger partial charge is 0.500 e. The fourth-order valence-electron chi connectivity index (χ4n) is 1.47. The third-order valence-electron chi connectivity index (χ3n) is 2.00. The summed E-state index contributed by atoms with van der Waals surface area (Å²) in [5, 5.41) is 0. The van der Waals surface area contributed by atoms with E-state index in [0.29, 0.717) is 19.8 Å². The summed E-state index contributed by atoms with van der Waals surface area (Å²) in [6, 6.07) is 0.776. The predicted molar refractivity (Wildman–Crippen MR) is 70.2 cm³/mol. The van der Waals surface area contributed by atoms with Crippen LogP contribution in [0.5, 0.6) is 0 Å². The fraction of sp³-hybridized carbons (Fsp3) is 1.00. The highest BCUT2D eigenvalue weighted by Crippen LogP contribution is 2.21. The van der Waals surface area contributed by atoms with E-state index in [1.54, 1.807) is 0 Å². The Morgan fingerprint density at radius 3 is 1.69 bits per heavy atom. The molecule has 6 heteroatoms. The van der Waals surface area contributed by atoms with Crippen molar-refractivity contribution in [3.8, 4) is 0 Å². The molecule has 0 saturated carbocycles. The van der Waals surface area contributed by atoms with Crippen LogP contribution in [-0.2, 0) is 13.3 Å². The van der Waals surface area contributed by atoms with Gasteiger partial charge in [-0.1, -0.05) is 0 Å². The van der Waals surface area contributed by atoms with Gasteiger partial charge in [-0.3, -0.25) is 0 Å². The van der Waals surface area contributed by atoms with Crippen molar-refractivity contribution in [2.24, 2.45) is 0 Å². The molecule has 0 aromatic rings. The summed E-state index contributed by atoms with van der Waals surface area (Å²) in [5.41, 5.74) is 0. The summed E-state index contributed by atoms with van der Waals surface area (Å²) in [6.07, 6.45) is 1.61. The third kappa shape index (κ3) is 7.09. The SMILES string of the molecule is CCO[Si](CCCC(Cl)Cl)(OCC)OCC. The number of alkyl halides is 2. The lowest BCUT2D eigenvalue weighted by molar-refractivity contribution is 0.0707. The van der Waals surface area contributed by atoms with Crippen molar-refractivity contribution in [3.63, 3.8) is 0 Å². The number of halogens is 2. The quantitative estimate of drug-likeness (QED) is 0.454. The summed E-state index contributed by atoms with van der Waals surface area (Å²) in [4.78, 5) is -0.323. The Hall–Kier alpha value is 0.677. The molecule has 0 atom stereocenters. The molecule has 0 unspecified atom stereocenters. The first kappa shape index (κ1) is 16.7. The van der Waals surface area contributed by atoms with Gasteiger partial charge in [-0.2, -0.15) is 0 Å². The molecular formula is C10H22Cl2O3Si. The van der Waals surface area contributed by atoms with Gasteiger partial charge in [-0.25, -0.2) is 0 Å². The van der Waals surface area contributed by atoms with Crippen molar-refractivity contribution < 1.29 is 13.3 Å². The topological polar surface area (TPSA) is 27.7 Å². The van der Waals surface area contributed by atoms with Crippen LogP contribution in [0.3, 0.4) is 0 Å². The highest BCUT2D eigenvalue weighted by Gasteiger charge is 2.39. The van der Waals surface area contributed by atoms with Crippen LogP contribution < -0.4 is 0 Å². The van der Waals surface area contributed by atoms with Gasteiger partial charge in [-0.05, 0) is 33.6 Å². The summed E-state index contributed by atoms with van der Waals surface area (Å²) in [7, 11) is -2.48. The molecule has 0 radical (unpaired) electrons. The molecule has 0 rings (SSSR count). The zero-order valence-corrected chi connectivity index (χ0v) is 12.8. The lowest BCUT2D eigenvalue weighted by atomic mass is 10.4.